The minimum atomic E-state index is -1.01. The number of amides is 1. The van der Waals surface area contributed by atoms with Crippen molar-refractivity contribution in [3.05, 3.63) is 41.5 Å². The molecule has 1 atom stereocenters. The maximum atomic E-state index is 12.1. The lowest BCUT2D eigenvalue weighted by Gasteiger charge is -2.18. The van der Waals surface area contributed by atoms with Gasteiger partial charge in [-0.15, -0.1) is 0 Å². The Morgan fingerprint density at radius 1 is 1.40 bits per heavy atom. The summed E-state index contributed by atoms with van der Waals surface area (Å²) in [5, 5.41) is 11.5. The number of carbonyl (C=O) groups excluding carboxylic acids is 1. The van der Waals surface area contributed by atoms with Crippen molar-refractivity contribution < 1.29 is 14.7 Å². The molecule has 1 unspecified atom stereocenters. The number of rotatable bonds is 6. The standard InChI is InChI=1S/C15H20N2O3/c1-11(10-17(2)3)16-15(20)13-6-4-5-12(9-13)7-8-14(18)19/h4-9,11H,10H2,1-3H3,(H,16,20)(H,18,19)/b8-7+. The molecule has 1 aromatic rings. The monoisotopic (exact) mass is 276 g/mol. The summed E-state index contributed by atoms with van der Waals surface area (Å²) in [7, 11) is 3.89. The molecule has 5 heteroatoms. The van der Waals surface area contributed by atoms with Gasteiger partial charge in [-0.3, -0.25) is 4.79 Å². The topological polar surface area (TPSA) is 69.6 Å². The van der Waals surface area contributed by atoms with E-state index in [1.807, 2.05) is 25.9 Å². The highest BCUT2D eigenvalue weighted by molar-refractivity contribution is 5.95. The van der Waals surface area contributed by atoms with Crippen molar-refractivity contribution in [2.45, 2.75) is 13.0 Å². The van der Waals surface area contributed by atoms with Crippen LogP contribution in [0.25, 0.3) is 6.08 Å². The Balaban J connectivity index is 2.73. The lowest BCUT2D eigenvalue weighted by Crippen LogP contribution is -2.39. The molecule has 0 heterocycles. The lowest BCUT2D eigenvalue weighted by atomic mass is 10.1. The van der Waals surface area contributed by atoms with Crippen LogP contribution >= 0.6 is 0 Å². The first-order valence-electron chi connectivity index (χ1n) is 6.35. The summed E-state index contributed by atoms with van der Waals surface area (Å²) < 4.78 is 0. The maximum absolute atomic E-state index is 12.1. The average molecular weight is 276 g/mol. The molecule has 0 spiro atoms. The number of likely N-dealkylation sites (N-methyl/N-ethyl adjacent to an activating group) is 1. The van der Waals surface area contributed by atoms with Gasteiger partial charge < -0.3 is 15.3 Å². The van der Waals surface area contributed by atoms with Gasteiger partial charge in [-0.1, -0.05) is 12.1 Å². The van der Waals surface area contributed by atoms with Crippen LogP contribution in [0.1, 0.15) is 22.8 Å². The zero-order valence-corrected chi connectivity index (χ0v) is 12.0. The first-order valence-corrected chi connectivity index (χ1v) is 6.35. The number of hydrogen-bond acceptors (Lipinski definition) is 3. The second kappa shape index (κ2) is 7.45. The summed E-state index contributed by atoms with van der Waals surface area (Å²) in [5.41, 5.74) is 1.20. The van der Waals surface area contributed by atoms with Crippen LogP contribution in [0.4, 0.5) is 0 Å². The van der Waals surface area contributed by atoms with E-state index in [1.54, 1.807) is 24.3 Å². The van der Waals surface area contributed by atoms with Crippen LogP contribution in [0.2, 0.25) is 0 Å². The number of carboxylic acid groups (broad SMARTS) is 1. The first-order chi connectivity index (χ1) is 9.38. The molecule has 0 fully saturated rings. The summed E-state index contributed by atoms with van der Waals surface area (Å²) in [5.74, 6) is -1.18. The Morgan fingerprint density at radius 2 is 2.10 bits per heavy atom. The molecular formula is C15H20N2O3. The van der Waals surface area contributed by atoms with Crippen molar-refractivity contribution in [1.29, 1.82) is 0 Å². The number of hydrogen-bond donors (Lipinski definition) is 2. The van der Waals surface area contributed by atoms with Crippen molar-refractivity contribution in [3.63, 3.8) is 0 Å². The van der Waals surface area contributed by atoms with Gasteiger partial charge >= 0.3 is 5.97 Å². The molecule has 2 N–H and O–H groups in total. The quantitative estimate of drug-likeness (QED) is 0.772. The van der Waals surface area contributed by atoms with Gasteiger partial charge in [0.2, 0.25) is 0 Å². The van der Waals surface area contributed by atoms with Crippen LogP contribution in [-0.2, 0) is 4.79 Å². The minimum Gasteiger partial charge on any atom is -0.478 e. The number of nitrogens with zero attached hydrogens (tertiary/aromatic N) is 1. The number of aliphatic carboxylic acids is 1. The zero-order valence-electron chi connectivity index (χ0n) is 12.0. The highest BCUT2D eigenvalue weighted by Crippen LogP contribution is 2.07. The summed E-state index contributed by atoms with van der Waals surface area (Å²) in [4.78, 5) is 24.5. The zero-order chi connectivity index (χ0) is 15.1. The first kappa shape index (κ1) is 15.9. The number of carboxylic acids is 1. The van der Waals surface area contributed by atoms with Crippen LogP contribution in [0.15, 0.2) is 30.3 Å². The van der Waals surface area contributed by atoms with Crippen molar-refractivity contribution >= 4 is 18.0 Å². The van der Waals surface area contributed by atoms with Gasteiger partial charge in [0.05, 0.1) is 0 Å². The van der Waals surface area contributed by atoms with Gasteiger partial charge in [-0.2, -0.15) is 0 Å². The Labute approximate surface area is 118 Å². The average Bonchev–Trinajstić information content (AvgIpc) is 2.35. The lowest BCUT2D eigenvalue weighted by molar-refractivity contribution is -0.131. The largest absolute Gasteiger partial charge is 0.478 e. The van der Waals surface area contributed by atoms with E-state index in [2.05, 4.69) is 5.32 Å². The van der Waals surface area contributed by atoms with E-state index >= 15 is 0 Å². The molecule has 0 bridgehead atoms. The van der Waals surface area contributed by atoms with Crippen molar-refractivity contribution in [1.82, 2.24) is 10.2 Å². The van der Waals surface area contributed by atoms with Crippen molar-refractivity contribution in [2.24, 2.45) is 0 Å². The predicted molar refractivity (Wildman–Crippen MR) is 78.6 cm³/mol. The highest BCUT2D eigenvalue weighted by Gasteiger charge is 2.10. The smallest absolute Gasteiger partial charge is 0.328 e. The summed E-state index contributed by atoms with van der Waals surface area (Å²) in [6.45, 7) is 2.69. The second-order valence-corrected chi connectivity index (χ2v) is 4.93. The van der Waals surface area contributed by atoms with Crippen LogP contribution in [-0.4, -0.2) is 48.6 Å². The normalized spacial score (nSPS) is 12.6. The molecule has 0 aromatic heterocycles. The van der Waals surface area contributed by atoms with E-state index in [4.69, 9.17) is 5.11 Å². The minimum absolute atomic E-state index is 0.0377. The number of benzene rings is 1. The third-order valence-electron chi connectivity index (χ3n) is 2.58. The molecule has 20 heavy (non-hydrogen) atoms. The Hall–Kier alpha value is -2.14. The van der Waals surface area contributed by atoms with E-state index < -0.39 is 5.97 Å². The maximum Gasteiger partial charge on any atom is 0.328 e. The molecule has 108 valence electrons. The van der Waals surface area contributed by atoms with E-state index in [0.717, 1.165) is 12.6 Å². The summed E-state index contributed by atoms with van der Waals surface area (Å²) in [6, 6.07) is 6.88. The Kier molecular flexibility index (Phi) is 5.93. The molecule has 1 aromatic carbocycles. The fraction of sp³-hybridized carbons (Fsp3) is 0.333. The number of nitrogens with one attached hydrogen (secondary N) is 1. The molecule has 0 radical (unpaired) electrons. The summed E-state index contributed by atoms with van der Waals surface area (Å²) >= 11 is 0. The molecule has 1 rings (SSSR count). The van der Waals surface area contributed by atoms with Gasteiger partial charge in [0, 0.05) is 24.2 Å². The summed E-state index contributed by atoms with van der Waals surface area (Å²) in [6.07, 6.45) is 2.51. The van der Waals surface area contributed by atoms with Crippen molar-refractivity contribution in [2.75, 3.05) is 20.6 Å². The van der Waals surface area contributed by atoms with Gasteiger partial charge in [-0.05, 0) is 44.8 Å². The molecular weight excluding hydrogens is 256 g/mol. The molecule has 0 aliphatic carbocycles. The van der Waals surface area contributed by atoms with E-state index in [1.165, 1.54) is 6.08 Å². The van der Waals surface area contributed by atoms with E-state index in [0.29, 0.717) is 11.1 Å². The Bertz CT molecular complexity index is 510. The number of carbonyl (C=O) groups is 2. The van der Waals surface area contributed by atoms with Crippen molar-refractivity contribution in [3.8, 4) is 0 Å². The van der Waals surface area contributed by atoms with E-state index in [9.17, 15) is 9.59 Å². The van der Waals surface area contributed by atoms with Gasteiger partial charge in [0.15, 0.2) is 0 Å². The third kappa shape index (κ3) is 5.67. The fourth-order valence-electron chi connectivity index (χ4n) is 1.85. The van der Waals surface area contributed by atoms with Gasteiger partial charge in [0.25, 0.3) is 5.91 Å². The van der Waals surface area contributed by atoms with E-state index in [-0.39, 0.29) is 11.9 Å². The van der Waals surface area contributed by atoms with Crippen LogP contribution in [0.3, 0.4) is 0 Å². The molecule has 5 nitrogen and oxygen atoms in total. The molecule has 0 saturated carbocycles. The van der Waals surface area contributed by atoms with Crippen LogP contribution in [0, 0.1) is 0 Å². The predicted octanol–water partition coefficient (Wildman–Crippen LogP) is 1.46. The highest BCUT2D eigenvalue weighted by atomic mass is 16.4. The fourth-order valence-corrected chi connectivity index (χ4v) is 1.85. The van der Waals surface area contributed by atoms with Crippen LogP contribution < -0.4 is 5.32 Å². The van der Waals surface area contributed by atoms with Crippen LogP contribution in [0.5, 0.6) is 0 Å². The third-order valence-corrected chi connectivity index (χ3v) is 2.58. The molecule has 0 aliphatic heterocycles. The SMILES string of the molecule is CC(CN(C)C)NC(=O)c1cccc(/C=C/C(=O)O)c1. The second-order valence-electron chi connectivity index (χ2n) is 4.93. The van der Waals surface area contributed by atoms with Gasteiger partial charge in [0.1, 0.15) is 0 Å². The van der Waals surface area contributed by atoms with Gasteiger partial charge in [-0.25, -0.2) is 4.79 Å². The molecule has 0 saturated heterocycles. The molecule has 0 aliphatic rings. The molecule has 1 amide bonds. The Morgan fingerprint density at radius 3 is 2.70 bits per heavy atom.